The topological polar surface area (TPSA) is 104 Å². The van der Waals surface area contributed by atoms with Crippen LogP contribution in [-0.2, 0) is 14.6 Å². The van der Waals surface area contributed by atoms with Crippen LogP contribution in [0.3, 0.4) is 0 Å². The third-order valence-corrected chi connectivity index (χ3v) is 6.04. The van der Waals surface area contributed by atoms with Crippen LogP contribution in [0.25, 0.3) is 0 Å². The molecule has 2 rings (SSSR count). The Morgan fingerprint density at radius 1 is 1.45 bits per heavy atom. The Hall–Kier alpha value is -1.31. The fraction of sp³-hybridized carbons (Fsp3) is 0.833. The molecular formula is C12H20N2O5S. The molecule has 2 amide bonds. The lowest BCUT2D eigenvalue weighted by molar-refractivity contribution is -0.148. The second-order valence-electron chi connectivity index (χ2n) is 5.49. The van der Waals surface area contributed by atoms with Gasteiger partial charge in [-0.15, -0.1) is 0 Å². The zero-order valence-corrected chi connectivity index (χ0v) is 12.3. The SMILES string of the molecule is CCC1(C(=O)O)CCCN1C(=O)NC1CCS(=O)(=O)C1. The summed E-state index contributed by atoms with van der Waals surface area (Å²) in [6, 6.07) is -0.870. The van der Waals surface area contributed by atoms with Crippen molar-refractivity contribution in [2.75, 3.05) is 18.1 Å². The van der Waals surface area contributed by atoms with Crippen molar-refractivity contribution < 1.29 is 23.1 Å². The Kier molecular flexibility index (Phi) is 3.95. The van der Waals surface area contributed by atoms with Crippen molar-refractivity contribution in [1.82, 2.24) is 10.2 Å². The molecule has 0 bridgehead atoms. The van der Waals surface area contributed by atoms with Gasteiger partial charge < -0.3 is 15.3 Å². The average Bonchev–Trinajstić information content (AvgIpc) is 2.93. The number of aliphatic carboxylic acids is 1. The summed E-state index contributed by atoms with van der Waals surface area (Å²) < 4.78 is 22.8. The molecule has 2 unspecified atom stereocenters. The van der Waals surface area contributed by atoms with Gasteiger partial charge in [-0.1, -0.05) is 6.92 Å². The van der Waals surface area contributed by atoms with Crippen molar-refractivity contribution in [1.29, 1.82) is 0 Å². The maximum Gasteiger partial charge on any atom is 0.329 e. The largest absolute Gasteiger partial charge is 0.479 e. The van der Waals surface area contributed by atoms with E-state index in [4.69, 9.17) is 0 Å². The van der Waals surface area contributed by atoms with Crippen LogP contribution in [0.15, 0.2) is 0 Å². The first-order valence-electron chi connectivity index (χ1n) is 6.83. The fourth-order valence-corrected chi connectivity index (χ4v) is 4.75. The number of carboxylic acids is 1. The summed E-state index contributed by atoms with van der Waals surface area (Å²) in [5, 5.41) is 12.1. The van der Waals surface area contributed by atoms with E-state index >= 15 is 0 Å². The summed E-state index contributed by atoms with van der Waals surface area (Å²) in [4.78, 5) is 25.1. The molecule has 2 saturated heterocycles. The molecule has 0 aromatic carbocycles. The van der Waals surface area contributed by atoms with E-state index < -0.39 is 33.4 Å². The van der Waals surface area contributed by atoms with Crippen LogP contribution in [0.2, 0.25) is 0 Å². The molecule has 2 fully saturated rings. The van der Waals surface area contributed by atoms with E-state index in [2.05, 4.69) is 5.32 Å². The Morgan fingerprint density at radius 2 is 2.15 bits per heavy atom. The highest BCUT2D eigenvalue weighted by molar-refractivity contribution is 7.91. The van der Waals surface area contributed by atoms with Gasteiger partial charge in [-0.3, -0.25) is 0 Å². The summed E-state index contributed by atoms with van der Waals surface area (Å²) in [6.45, 7) is 2.14. The zero-order chi connectivity index (χ0) is 15.0. The molecule has 0 aliphatic carbocycles. The number of carboxylic acid groups (broad SMARTS) is 1. The lowest BCUT2D eigenvalue weighted by atomic mass is 9.93. The van der Waals surface area contributed by atoms with Crippen molar-refractivity contribution >= 4 is 21.8 Å². The van der Waals surface area contributed by atoms with Crippen LogP contribution in [0.5, 0.6) is 0 Å². The van der Waals surface area contributed by atoms with Gasteiger partial charge in [-0.2, -0.15) is 0 Å². The molecule has 0 radical (unpaired) electrons. The number of hydrogen-bond acceptors (Lipinski definition) is 4. The van der Waals surface area contributed by atoms with Crippen molar-refractivity contribution in [2.24, 2.45) is 0 Å². The van der Waals surface area contributed by atoms with Gasteiger partial charge in [-0.25, -0.2) is 18.0 Å². The Labute approximate surface area is 118 Å². The quantitative estimate of drug-likeness (QED) is 0.776. The second-order valence-corrected chi connectivity index (χ2v) is 7.72. The summed E-state index contributed by atoms with van der Waals surface area (Å²) in [7, 11) is -3.06. The first kappa shape index (κ1) is 15.1. The Morgan fingerprint density at radius 3 is 2.65 bits per heavy atom. The first-order chi connectivity index (χ1) is 9.31. The monoisotopic (exact) mass is 304 g/mol. The van der Waals surface area contributed by atoms with Gasteiger partial charge in [0.25, 0.3) is 0 Å². The number of amides is 2. The van der Waals surface area contributed by atoms with E-state index in [9.17, 15) is 23.1 Å². The predicted molar refractivity (Wildman–Crippen MR) is 72.2 cm³/mol. The third kappa shape index (κ3) is 2.61. The number of urea groups is 1. The number of sulfone groups is 1. The minimum absolute atomic E-state index is 0.0568. The Balaban J connectivity index is 2.07. The molecule has 7 nitrogen and oxygen atoms in total. The highest BCUT2D eigenvalue weighted by Crippen LogP contribution is 2.33. The molecular weight excluding hydrogens is 284 g/mol. The number of hydrogen-bond donors (Lipinski definition) is 2. The molecule has 8 heteroatoms. The molecule has 114 valence electrons. The number of carbonyl (C=O) groups is 2. The van der Waals surface area contributed by atoms with Gasteiger partial charge in [0.05, 0.1) is 11.5 Å². The van der Waals surface area contributed by atoms with Crippen molar-refractivity contribution in [3.05, 3.63) is 0 Å². The third-order valence-electron chi connectivity index (χ3n) is 4.28. The van der Waals surface area contributed by atoms with Gasteiger partial charge in [-0.05, 0) is 25.7 Å². The number of nitrogens with one attached hydrogen (secondary N) is 1. The van der Waals surface area contributed by atoms with E-state index in [1.54, 1.807) is 6.92 Å². The van der Waals surface area contributed by atoms with Crippen LogP contribution in [-0.4, -0.2) is 60.1 Å². The fourth-order valence-electron chi connectivity index (χ4n) is 3.08. The van der Waals surface area contributed by atoms with Crippen LogP contribution in [0, 0.1) is 0 Å². The summed E-state index contributed by atoms with van der Waals surface area (Å²) >= 11 is 0. The van der Waals surface area contributed by atoms with E-state index in [1.807, 2.05) is 0 Å². The van der Waals surface area contributed by atoms with E-state index in [1.165, 1.54) is 4.90 Å². The molecule has 2 aliphatic heterocycles. The number of carbonyl (C=O) groups excluding carboxylic acids is 1. The van der Waals surface area contributed by atoms with Gasteiger partial charge in [0.15, 0.2) is 9.84 Å². The highest BCUT2D eigenvalue weighted by atomic mass is 32.2. The normalized spacial score (nSPS) is 32.2. The molecule has 2 heterocycles. The molecule has 2 atom stereocenters. The summed E-state index contributed by atoms with van der Waals surface area (Å²) in [6.07, 6.45) is 1.83. The molecule has 0 aromatic heterocycles. The van der Waals surface area contributed by atoms with Gasteiger partial charge in [0.2, 0.25) is 0 Å². The highest BCUT2D eigenvalue weighted by Gasteiger charge is 2.49. The van der Waals surface area contributed by atoms with Gasteiger partial charge in [0, 0.05) is 12.6 Å². The molecule has 2 N–H and O–H groups in total. The summed E-state index contributed by atoms with van der Waals surface area (Å²) in [5.74, 6) is -0.971. The molecule has 0 saturated carbocycles. The van der Waals surface area contributed by atoms with E-state index in [0.717, 1.165) is 0 Å². The van der Waals surface area contributed by atoms with Crippen LogP contribution in [0.1, 0.15) is 32.6 Å². The number of nitrogens with zero attached hydrogens (tertiary/aromatic N) is 1. The second kappa shape index (κ2) is 5.23. The van der Waals surface area contributed by atoms with Crippen LogP contribution < -0.4 is 5.32 Å². The maximum absolute atomic E-state index is 12.2. The standard InChI is InChI=1S/C12H20N2O5S/c1-2-12(10(15)16)5-3-6-14(12)11(17)13-9-4-7-20(18,19)8-9/h9H,2-8H2,1H3,(H,13,17)(H,15,16). The first-order valence-corrected chi connectivity index (χ1v) is 8.65. The van der Waals surface area contributed by atoms with Crippen molar-refractivity contribution in [3.8, 4) is 0 Å². The van der Waals surface area contributed by atoms with Crippen molar-refractivity contribution in [3.63, 3.8) is 0 Å². The molecule has 0 spiro atoms. The van der Waals surface area contributed by atoms with Crippen LogP contribution >= 0.6 is 0 Å². The number of likely N-dealkylation sites (tertiary alicyclic amines) is 1. The minimum atomic E-state index is -3.06. The zero-order valence-electron chi connectivity index (χ0n) is 11.5. The number of rotatable bonds is 3. The van der Waals surface area contributed by atoms with Crippen LogP contribution in [0.4, 0.5) is 4.79 Å². The van der Waals surface area contributed by atoms with Crippen molar-refractivity contribution in [2.45, 2.75) is 44.2 Å². The lowest BCUT2D eigenvalue weighted by Gasteiger charge is -2.34. The maximum atomic E-state index is 12.2. The molecule has 20 heavy (non-hydrogen) atoms. The van der Waals surface area contributed by atoms with Gasteiger partial charge >= 0.3 is 12.0 Å². The van der Waals surface area contributed by atoms with E-state index in [-0.39, 0.29) is 11.5 Å². The smallest absolute Gasteiger partial charge is 0.329 e. The minimum Gasteiger partial charge on any atom is -0.479 e. The van der Waals surface area contributed by atoms with E-state index in [0.29, 0.717) is 32.2 Å². The van der Waals surface area contributed by atoms with Gasteiger partial charge in [0.1, 0.15) is 5.54 Å². The Bertz CT molecular complexity index is 518. The molecule has 0 aromatic rings. The predicted octanol–water partition coefficient (Wildman–Crippen LogP) is 0.212. The molecule has 2 aliphatic rings. The summed E-state index contributed by atoms with van der Waals surface area (Å²) in [5.41, 5.74) is -1.15. The lowest BCUT2D eigenvalue weighted by Crippen LogP contribution is -2.57. The average molecular weight is 304 g/mol.